The molecule has 2 aromatic rings. The monoisotopic (exact) mass is 283 g/mol. The van der Waals surface area contributed by atoms with E-state index in [1.807, 2.05) is 19.1 Å². The van der Waals surface area contributed by atoms with Gasteiger partial charge < -0.3 is 10.5 Å². The second-order valence-electron chi connectivity index (χ2n) is 5.39. The number of rotatable bonds is 5. The summed E-state index contributed by atoms with van der Waals surface area (Å²) in [6, 6.07) is 9.97. The van der Waals surface area contributed by atoms with Crippen LogP contribution in [0.4, 0.5) is 0 Å². The molecule has 4 nitrogen and oxygen atoms in total. The van der Waals surface area contributed by atoms with Crippen molar-refractivity contribution in [2.24, 2.45) is 5.73 Å². The number of aryl methyl sites for hydroxylation is 1. The van der Waals surface area contributed by atoms with Gasteiger partial charge in [-0.05, 0) is 36.1 Å². The van der Waals surface area contributed by atoms with Crippen LogP contribution in [0.15, 0.2) is 36.5 Å². The largest absolute Gasteiger partial charge is 0.489 e. The topological polar surface area (TPSA) is 72.0 Å². The van der Waals surface area contributed by atoms with Crippen LogP contribution in [0.3, 0.4) is 0 Å². The average Bonchev–Trinajstić information content (AvgIpc) is 2.46. The lowest BCUT2D eigenvalue weighted by Gasteiger charge is -2.14. The van der Waals surface area contributed by atoms with Crippen molar-refractivity contribution in [2.75, 3.05) is 0 Å². The molecule has 21 heavy (non-hydrogen) atoms. The van der Waals surface area contributed by atoms with E-state index in [9.17, 15) is 0 Å². The minimum absolute atomic E-state index is 0.0400. The lowest BCUT2D eigenvalue weighted by molar-refractivity contribution is 0.303. The van der Waals surface area contributed by atoms with Crippen LogP contribution in [0, 0.1) is 12.3 Å². The Balaban J connectivity index is 2.20. The Morgan fingerprint density at radius 1 is 1.33 bits per heavy atom. The molecule has 1 aromatic carbocycles. The summed E-state index contributed by atoms with van der Waals surface area (Å²) in [5.74, 6) is 1.28. The van der Waals surface area contributed by atoms with E-state index in [0.29, 0.717) is 18.2 Å². The van der Waals surface area contributed by atoms with Crippen LogP contribution in [0.2, 0.25) is 0 Å². The van der Waals surface area contributed by atoms with Gasteiger partial charge in [0.25, 0.3) is 0 Å². The van der Waals surface area contributed by atoms with Crippen LogP contribution < -0.4 is 10.5 Å². The molecule has 0 bridgehead atoms. The first-order chi connectivity index (χ1) is 9.99. The molecule has 0 unspecified atom stereocenters. The summed E-state index contributed by atoms with van der Waals surface area (Å²) in [5, 5.41) is 7.55. The summed E-state index contributed by atoms with van der Waals surface area (Å²) in [5.41, 5.74) is 9.18. The maximum atomic E-state index is 7.55. The number of nitrogens with two attached hydrogens (primary N) is 1. The lowest BCUT2D eigenvalue weighted by atomic mass is 10.0. The Bertz CT molecular complexity index is 650. The predicted octanol–water partition coefficient (Wildman–Crippen LogP) is 3.38. The van der Waals surface area contributed by atoms with E-state index in [1.165, 1.54) is 5.56 Å². The normalized spacial score (nSPS) is 10.7. The minimum Gasteiger partial charge on any atom is -0.489 e. The number of pyridine rings is 1. The van der Waals surface area contributed by atoms with E-state index in [4.69, 9.17) is 15.9 Å². The highest BCUT2D eigenvalue weighted by molar-refractivity contribution is 5.94. The highest BCUT2D eigenvalue weighted by Gasteiger charge is 2.09. The first kappa shape index (κ1) is 15.0. The number of nitrogens with one attached hydrogen (secondary N) is 1. The van der Waals surface area contributed by atoms with Crippen molar-refractivity contribution in [3.05, 3.63) is 58.9 Å². The summed E-state index contributed by atoms with van der Waals surface area (Å²) in [7, 11) is 0. The zero-order chi connectivity index (χ0) is 15.4. The number of amidine groups is 1. The molecule has 0 amide bonds. The first-order valence-electron chi connectivity index (χ1n) is 7.00. The summed E-state index contributed by atoms with van der Waals surface area (Å²) in [4.78, 5) is 4.13. The third kappa shape index (κ3) is 3.60. The number of hydrogen-bond donors (Lipinski definition) is 2. The summed E-state index contributed by atoms with van der Waals surface area (Å²) in [6.07, 6.45) is 1.63. The average molecular weight is 283 g/mol. The molecule has 1 heterocycles. The van der Waals surface area contributed by atoms with Crippen LogP contribution >= 0.6 is 0 Å². The predicted molar refractivity (Wildman–Crippen MR) is 84.9 cm³/mol. The Morgan fingerprint density at radius 2 is 2.10 bits per heavy atom. The van der Waals surface area contributed by atoms with Crippen molar-refractivity contribution in [1.29, 1.82) is 5.41 Å². The van der Waals surface area contributed by atoms with E-state index < -0.39 is 0 Å². The Labute approximate surface area is 125 Å². The molecule has 0 aliphatic rings. The van der Waals surface area contributed by atoms with Crippen molar-refractivity contribution >= 4 is 5.84 Å². The Hall–Kier alpha value is -2.36. The van der Waals surface area contributed by atoms with Gasteiger partial charge in [-0.1, -0.05) is 32.0 Å². The molecule has 1 aromatic heterocycles. The van der Waals surface area contributed by atoms with Crippen LogP contribution in [0.5, 0.6) is 5.75 Å². The fourth-order valence-electron chi connectivity index (χ4n) is 2.08. The zero-order valence-electron chi connectivity index (χ0n) is 12.7. The molecule has 3 N–H and O–H groups in total. The Morgan fingerprint density at radius 3 is 2.76 bits per heavy atom. The Kier molecular flexibility index (Phi) is 4.58. The standard InChI is InChI=1S/C17H21N3O/c1-11(2)13-7-6-12(3)15(9-13)21-10-14-5-4-8-20-16(14)17(18)19/h4-9,11H,10H2,1-3H3,(H3,18,19). The van der Waals surface area contributed by atoms with Crippen molar-refractivity contribution < 1.29 is 4.74 Å². The number of nitrogens with zero attached hydrogens (tertiary/aromatic N) is 1. The molecule has 0 atom stereocenters. The van der Waals surface area contributed by atoms with E-state index in [2.05, 4.69) is 37.0 Å². The molecular formula is C17H21N3O. The van der Waals surface area contributed by atoms with Crippen molar-refractivity contribution in [1.82, 2.24) is 4.98 Å². The van der Waals surface area contributed by atoms with Crippen LogP contribution in [-0.4, -0.2) is 10.8 Å². The molecule has 0 aliphatic heterocycles. The summed E-state index contributed by atoms with van der Waals surface area (Å²) >= 11 is 0. The molecule has 0 saturated carbocycles. The van der Waals surface area contributed by atoms with Crippen LogP contribution in [-0.2, 0) is 6.61 Å². The molecule has 4 heteroatoms. The smallest absolute Gasteiger partial charge is 0.142 e. The second kappa shape index (κ2) is 6.39. The third-order valence-corrected chi connectivity index (χ3v) is 3.41. The lowest BCUT2D eigenvalue weighted by Crippen LogP contribution is -2.16. The molecule has 0 saturated heterocycles. The van der Waals surface area contributed by atoms with Gasteiger partial charge >= 0.3 is 0 Å². The SMILES string of the molecule is Cc1ccc(C(C)C)cc1OCc1cccnc1C(=N)N. The summed E-state index contributed by atoms with van der Waals surface area (Å²) in [6.45, 7) is 6.69. The number of hydrogen-bond acceptors (Lipinski definition) is 3. The van der Waals surface area contributed by atoms with Gasteiger partial charge in [0.05, 0.1) is 0 Å². The van der Waals surface area contributed by atoms with E-state index >= 15 is 0 Å². The molecule has 2 rings (SSSR count). The van der Waals surface area contributed by atoms with Gasteiger partial charge in [-0.25, -0.2) is 0 Å². The first-order valence-corrected chi connectivity index (χ1v) is 7.00. The van der Waals surface area contributed by atoms with E-state index in [1.54, 1.807) is 6.20 Å². The molecule has 0 radical (unpaired) electrons. The van der Waals surface area contributed by atoms with Crippen molar-refractivity contribution in [2.45, 2.75) is 33.3 Å². The van der Waals surface area contributed by atoms with Crippen LogP contribution in [0.25, 0.3) is 0 Å². The van der Waals surface area contributed by atoms with Gasteiger partial charge in [-0.2, -0.15) is 0 Å². The maximum absolute atomic E-state index is 7.55. The number of aromatic nitrogens is 1. The fraction of sp³-hybridized carbons (Fsp3) is 0.294. The second-order valence-corrected chi connectivity index (χ2v) is 5.39. The summed E-state index contributed by atoms with van der Waals surface area (Å²) < 4.78 is 5.91. The number of nitrogen functional groups attached to an aromatic ring is 1. The van der Waals surface area contributed by atoms with Gasteiger partial charge in [-0.3, -0.25) is 10.4 Å². The van der Waals surface area contributed by atoms with Gasteiger partial charge in [0.15, 0.2) is 0 Å². The van der Waals surface area contributed by atoms with E-state index in [0.717, 1.165) is 16.9 Å². The van der Waals surface area contributed by atoms with Crippen molar-refractivity contribution in [3.63, 3.8) is 0 Å². The van der Waals surface area contributed by atoms with Crippen molar-refractivity contribution in [3.8, 4) is 5.75 Å². The van der Waals surface area contributed by atoms with Gasteiger partial charge in [0.2, 0.25) is 0 Å². The van der Waals surface area contributed by atoms with E-state index in [-0.39, 0.29) is 5.84 Å². The zero-order valence-corrected chi connectivity index (χ0v) is 12.7. The number of ether oxygens (including phenoxy) is 1. The maximum Gasteiger partial charge on any atom is 0.142 e. The van der Waals surface area contributed by atoms with Gasteiger partial charge in [0.1, 0.15) is 23.9 Å². The molecule has 0 spiro atoms. The number of benzene rings is 1. The highest BCUT2D eigenvalue weighted by Crippen LogP contribution is 2.25. The van der Waals surface area contributed by atoms with Gasteiger partial charge in [0, 0.05) is 11.8 Å². The van der Waals surface area contributed by atoms with Gasteiger partial charge in [-0.15, -0.1) is 0 Å². The molecule has 0 fully saturated rings. The quantitative estimate of drug-likeness (QED) is 0.652. The minimum atomic E-state index is -0.0400. The molecule has 110 valence electrons. The highest BCUT2D eigenvalue weighted by atomic mass is 16.5. The van der Waals surface area contributed by atoms with Crippen LogP contribution in [0.1, 0.15) is 42.1 Å². The molecule has 0 aliphatic carbocycles. The molecular weight excluding hydrogens is 262 g/mol. The third-order valence-electron chi connectivity index (χ3n) is 3.41. The fourth-order valence-corrected chi connectivity index (χ4v) is 2.08.